The van der Waals surface area contributed by atoms with Gasteiger partial charge in [-0.25, -0.2) is 8.42 Å². The number of nitrogens with zero attached hydrogens (tertiary/aromatic N) is 3. The Morgan fingerprint density at radius 2 is 1.70 bits per heavy atom. The number of rotatable bonds is 3. The molecule has 27 heavy (non-hydrogen) atoms. The fraction of sp³-hybridized carbons (Fsp3) is 0.286. The Kier molecular flexibility index (Phi) is 4.61. The summed E-state index contributed by atoms with van der Waals surface area (Å²) in [6, 6.07) is 14.9. The Morgan fingerprint density at radius 1 is 0.963 bits per heavy atom. The fourth-order valence-electron chi connectivity index (χ4n) is 3.49. The second-order valence-electron chi connectivity index (χ2n) is 7.11. The molecule has 4 rings (SSSR count). The molecule has 5 nitrogen and oxygen atoms in total. The van der Waals surface area contributed by atoms with Gasteiger partial charge in [0.1, 0.15) is 0 Å². The van der Waals surface area contributed by atoms with Gasteiger partial charge in [0.25, 0.3) is 0 Å². The lowest BCUT2D eigenvalue weighted by Crippen LogP contribution is -2.44. The van der Waals surface area contributed by atoms with Gasteiger partial charge in [0.15, 0.2) is 0 Å². The van der Waals surface area contributed by atoms with E-state index in [1.807, 2.05) is 31.2 Å². The molecular formula is C21H23N3O2S. The van der Waals surface area contributed by atoms with E-state index in [1.165, 1.54) is 6.20 Å². The van der Waals surface area contributed by atoms with E-state index in [9.17, 15) is 8.42 Å². The Labute approximate surface area is 160 Å². The van der Waals surface area contributed by atoms with E-state index in [4.69, 9.17) is 0 Å². The lowest BCUT2D eigenvalue weighted by atomic mass is 10.1. The van der Waals surface area contributed by atoms with Gasteiger partial charge in [-0.1, -0.05) is 18.2 Å². The molecule has 2 aromatic carbocycles. The number of sulfone groups is 1. The predicted octanol–water partition coefficient (Wildman–Crippen LogP) is 3.13. The normalized spacial score (nSPS) is 16.0. The van der Waals surface area contributed by atoms with Gasteiger partial charge in [0.05, 0.1) is 15.3 Å². The van der Waals surface area contributed by atoms with E-state index in [-0.39, 0.29) is 4.90 Å². The van der Waals surface area contributed by atoms with E-state index < -0.39 is 9.84 Å². The Morgan fingerprint density at radius 3 is 2.44 bits per heavy atom. The quantitative estimate of drug-likeness (QED) is 0.698. The van der Waals surface area contributed by atoms with E-state index in [1.54, 1.807) is 18.2 Å². The van der Waals surface area contributed by atoms with Gasteiger partial charge < -0.3 is 9.80 Å². The van der Waals surface area contributed by atoms with E-state index in [0.29, 0.717) is 4.90 Å². The van der Waals surface area contributed by atoms with Crippen LogP contribution in [0.2, 0.25) is 0 Å². The molecule has 0 amide bonds. The van der Waals surface area contributed by atoms with Crippen molar-refractivity contribution >= 4 is 26.4 Å². The van der Waals surface area contributed by atoms with Crippen LogP contribution in [0.3, 0.4) is 0 Å². The number of hydrogen-bond acceptors (Lipinski definition) is 5. The minimum Gasteiger partial charge on any atom is -0.369 e. The molecule has 0 atom stereocenters. The highest BCUT2D eigenvalue weighted by molar-refractivity contribution is 7.91. The highest BCUT2D eigenvalue weighted by atomic mass is 32.2. The highest BCUT2D eigenvalue weighted by Gasteiger charge is 2.21. The molecule has 0 spiro atoms. The van der Waals surface area contributed by atoms with Crippen molar-refractivity contribution in [3.63, 3.8) is 0 Å². The third-order valence-electron chi connectivity index (χ3n) is 5.20. The summed E-state index contributed by atoms with van der Waals surface area (Å²) in [5.41, 5.74) is 2.66. The lowest BCUT2D eigenvalue weighted by molar-refractivity contribution is 0.313. The third kappa shape index (κ3) is 3.42. The standard InChI is InChI=1S/C21H23N3O2S/c1-16-5-3-4-6-21(16)27(25,26)19-14-17-13-18(7-8-20(17)22-15-19)24-11-9-23(2)10-12-24/h3-8,13-15H,9-12H2,1-2H3. The van der Waals surface area contributed by atoms with Gasteiger partial charge in [-0.2, -0.15) is 0 Å². The van der Waals surface area contributed by atoms with Crippen molar-refractivity contribution in [1.82, 2.24) is 9.88 Å². The van der Waals surface area contributed by atoms with Crippen LogP contribution in [0.15, 0.2) is 64.5 Å². The third-order valence-corrected chi connectivity index (χ3v) is 7.08. The molecule has 2 heterocycles. The molecule has 1 saturated heterocycles. The molecule has 0 radical (unpaired) electrons. The summed E-state index contributed by atoms with van der Waals surface area (Å²) in [5, 5.41) is 0.848. The van der Waals surface area contributed by atoms with Crippen LogP contribution in [0, 0.1) is 6.92 Å². The molecule has 3 aromatic rings. The molecular weight excluding hydrogens is 358 g/mol. The molecule has 1 fully saturated rings. The average molecular weight is 382 g/mol. The van der Waals surface area contributed by atoms with Crippen LogP contribution in [0.1, 0.15) is 5.56 Å². The average Bonchev–Trinajstić information content (AvgIpc) is 2.68. The number of fused-ring (bicyclic) bond motifs is 1. The SMILES string of the molecule is Cc1ccccc1S(=O)(=O)c1cnc2ccc(N3CCN(C)CC3)cc2c1. The summed E-state index contributed by atoms with van der Waals surface area (Å²) >= 11 is 0. The second kappa shape index (κ2) is 6.94. The van der Waals surface area contributed by atoms with E-state index in [0.717, 1.165) is 48.3 Å². The number of piperazine rings is 1. The molecule has 0 N–H and O–H groups in total. The topological polar surface area (TPSA) is 53.5 Å². The Bertz CT molecular complexity index is 1090. The van der Waals surface area contributed by atoms with Crippen LogP contribution >= 0.6 is 0 Å². The van der Waals surface area contributed by atoms with Gasteiger partial charge in [0.2, 0.25) is 9.84 Å². The molecule has 1 aliphatic rings. The van der Waals surface area contributed by atoms with Crippen LogP contribution in [0.4, 0.5) is 5.69 Å². The van der Waals surface area contributed by atoms with Crippen LogP contribution in [0.25, 0.3) is 10.9 Å². The van der Waals surface area contributed by atoms with Gasteiger partial charge in [-0.15, -0.1) is 0 Å². The monoisotopic (exact) mass is 381 g/mol. The van der Waals surface area contributed by atoms with Crippen molar-refractivity contribution in [3.8, 4) is 0 Å². The largest absolute Gasteiger partial charge is 0.369 e. The summed E-state index contributed by atoms with van der Waals surface area (Å²) in [5.74, 6) is 0. The first kappa shape index (κ1) is 17.9. The minimum absolute atomic E-state index is 0.236. The fourth-order valence-corrected chi connectivity index (χ4v) is 4.97. The molecule has 0 unspecified atom stereocenters. The number of aromatic nitrogens is 1. The van der Waals surface area contributed by atoms with E-state index >= 15 is 0 Å². The molecule has 140 valence electrons. The highest BCUT2D eigenvalue weighted by Crippen LogP contribution is 2.28. The maximum atomic E-state index is 13.1. The molecule has 0 bridgehead atoms. The second-order valence-corrected chi connectivity index (χ2v) is 9.03. The zero-order chi connectivity index (χ0) is 19.0. The molecule has 0 saturated carbocycles. The number of hydrogen-bond donors (Lipinski definition) is 0. The van der Waals surface area contributed by atoms with Crippen molar-refractivity contribution in [3.05, 3.63) is 60.3 Å². The number of benzene rings is 2. The number of anilines is 1. The van der Waals surface area contributed by atoms with Crippen molar-refractivity contribution in [2.24, 2.45) is 0 Å². The maximum absolute atomic E-state index is 13.1. The maximum Gasteiger partial charge on any atom is 0.208 e. The van der Waals surface area contributed by atoms with E-state index in [2.05, 4.69) is 27.9 Å². The summed E-state index contributed by atoms with van der Waals surface area (Å²) in [4.78, 5) is 9.61. The van der Waals surface area contributed by atoms with Crippen LogP contribution < -0.4 is 4.90 Å². The van der Waals surface area contributed by atoms with Gasteiger partial charge >= 0.3 is 0 Å². The number of pyridine rings is 1. The lowest BCUT2D eigenvalue weighted by Gasteiger charge is -2.34. The number of likely N-dealkylation sites (N-methyl/N-ethyl adjacent to an activating group) is 1. The van der Waals surface area contributed by atoms with Crippen molar-refractivity contribution in [1.29, 1.82) is 0 Å². The summed E-state index contributed by atoms with van der Waals surface area (Å²) in [7, 11) is -1.46. The summed E-state index contributed by atoms with van der Waals surface area (Å²) in [6.07, 6.45) is 1.46. The van der Waals surface area contributed by atoms with Crippen molar-refractivity contribution in [2.75, 3.05) is 38.1 Å². The summed E-state index contributed by atoms with van der Waals surface area (Å²) < 4.78 is 26.1. The van der Waals surface area contributed by atoms with Crippen molar-refractivity contribution in [2.45, 2.75) is 16.7 Å². The molecule has 0 aliphatic carbocycles. The zero-order valence-corrected chi connectivity index (χ0v) is 16.4. The van der Waals surface area contributed by atoms with Gasteiger partial charge in [0, 0.05) is 43.4 Å². The molecule has 1 aliphatic heterocycles. The van der Waals surface area contributed by atoms with Crippen LogP contribution in [-0.4, -0.2) is 51.5 Å². The summed E-state index contributed by atoms with van der Waals surface area (Å²) in [6.45, 7) is 5.80. The smallest absolute Gasteiger partial charge is 0.208 e. The van der Waals surface area contributed by atoms with Gasteiger partial charge in [-0.05, 0) is 49.9 Å². The Balaban J connectivity index is 1.74. The molecule has 6 heteroatoms. The zero-order valence-electron chi connectivity index (χ0n) is 15.6. The predicted molar refractivity (Wildman–Crippen MR) is 108 cm³/mol. The molecule has 1 aromatic heterocycles. The Hall–Kier alpha value is -2.44. The first-order valence-corrected chi connectivity index (χ1v) is 10.6. The van der Waals surface area contributed by atoms with Gasteiger partial charge in [-0.3, -0.25) is 4.98 Å². The van der Waals surface area contributed by atoms with Crippen LogP contribution in [-0.2, 0) is 9.84 Å². The minimum atomic E-state index is -3.59. The van der Waals surface area contributed by atoms with Crippen LogP contribution in [0.5, 0.6) is 0 Å². The van der Waals surface area contributed by atoms with Crippen molar-refractivity contribution < 1.29 is 8.42 Å². The first-order valence-electron chi connectivity index (χ1n) is 9.09. The number of aryl methyl sites for hydroxylation is 1. The first-order chi connectivity index (χ1) is 12.9.